The van der Waals surface area contributed by atoms with Crippen molar-refractivity contribution in [1.82, 2.24) is 5.32 Å². The van der Waals surface area contributed by atoms with E-state index in [-0.39, 0.29) is 17.2 Å². The monoisotopic (exact) mass is 456 g/mol. The van der Waals surface area contributed by atoms with Crippen molar-refractivity contribution in [2.24, 2.45) is 39.2 Å². The lowest BCUT2D eigenvalue weighted by Gasteiger charge is -2.53. The second kappa shape index (κ2) is 11.0. The summed E-state index contributed by atoms with van der Waals surface area (Å²) in [6.45, 7) is 20.4. The van der Waals surface area contributed by atoms with Gasteiger partial charge < -0.3 is 21.3 Å². The van der Waals surface area contributed by atoms with E-state index in [9.17, 15) is 19.5 Å². The second-order valence-electron chi connectivity index (χ2n) is 12.6. The molecule has 188 valence electrons. The molecule has 0 bridgehead atoms. The molecule has 0 aromatic heterocycles. The third-order valence-corrected chi connectivity index (χ3v) is 7.06. The Bertz CT molecular complexity index is 656. The molecule has 5 N–H and O–H groups in total. The Labute approximate surface area is 194 Å². The zero-order valence-electron chi connectivity index (χ0n) is 22.0. The summed E-state index contributed by atoms with van der Waals surface area (Å²) in [5, 5.41) is 22.0. The van der Waals surface area contributed by atoms with Crippen molar-refractivity contribution in [2.75, 3.05) is 6.54 Å². The minimum atomic E-state index is -1.02. The number of aliphatic carboxylic acids is 2. The van der Waals surface area contributed by atoms with E-state index < -0.39 is 40.1 Å². The number of unbranched alkanes of at least 4 members (excludes halogenated alkanes) is 1. The van der Waals surface area contributed by atoms with Crippen LogP contribution in [0.5, 0.6) is 0 Å². The van der Waals surface area contributed by atoms with Crippen molar-refractivity contribution in [3.63, 3.8) is 0 Å². The number of nitrogens with two attached hydrogens (primary N) is 1. The first-order valence-electron chi connectivity index (χ1n) is 11.6. The average Bonchev–Trinajstić information content (AvgIpc) is 2.55. The van der Waals surface area contributed by atoms with Gasteiger partial charge in [-0.15, -0.1) is 0 Å². The van der Waals surface area contributed by atoms with E-state index in [0.29, 0.717) is 32.2 Å². The van der Waals surface area contributed by atoms with Crippen molar-refractivity contribution < 1.29 is 24.6 Å². The number of hydrogen-bond acceptors (Lipinski definition) is 4. The highest BCUT2D eigenvalue weighted by Gasteiger charge is 2.55. The molecule has 0 heterocycles. The molecule has 0 spiro atoms. The van der Waals surface area contributed by atoms with Gasteiger partial charge in [-0.1, -0.05) is 69.2 Å². The third kappa shape index (κ3) is 8.38. The van der Waals surface area contributed by atoms with Gasteiger partial charge in [-0.3, -0.25) is 14.4 Å². The van der Waals surface area contributed by atoms with E-state index in [1.54, 1.807) is 0 Å². The molecular weight excluding hydrogens is 408 g/mol. The normalized spacial score (nSPS) is 16.2. The van der Waals surface area contributed by atoms with Crippen LogP contribution in [-0.2, 0) is 14.4 Å². The molecule has 0 aliphatic carbocycles. The number of hydrogen-bond donors (Lipinski definition) is 4. The summed E-state index contributed by atoms with van der Waals surface area (Å²) in [6.07, 6.45) is 2.23. The minimum Gasteiger partial charge on any atom is -0.481 e. The van der Waals surface area contributed by atoms with Crippen LogP contribution in [0.25, 0.3) is 0 Å². The lowest BCUT2D eigenvalue weighted by Crippen LogP contribution is -2.54. The maximum atomic E-state index is 13.4. The molecule has 3 atom stereocenters. The van der Waals surface area contributed by atoms with Crippen molar-refractivity contribution >= 4 is 17.8 Å². The van der Waals surface area contributed by atoms with Gasteiger partial charge in [0, 0.05) is 12.5 Å². The third-order valence-electron chi connectivity index (χ3n) is 7.06. The van der Waals surface area contributed by atoms with E-state index >= 15 is 0 Å². The number of nitrogens with one attached hydrogen (secondary N) is 1. The molecule has 7 heteroatoms. The predicted octanol–water partition coefficient (Wildman–Crippen LogP) is 4.54. The molecule has 0 radical (unpaired) electrons. The Balaban J connectivity index is 5.69. The smallest absolute Gasteiger partial charge is 0.320 e. The maximum Gasteiger partial charge on any atom is 0.320 e. The fraction of sp³-hybridized carbons (Fsp3) is 0.880. The van der Waals surface area contributed by atoms with Crippen LogP contribution < -0.4 is 11.1 Å². The van der Waals surface area contributed by atoms with Crippen LogP contribution >= 0.6 is 0 Å². The quantitative estimate of drug-likeness (QED) is 0.319. The van der Waals surface area contributed by atoms with Gasteiger partial charge in [-0.25, -0.2) is 0 Å². The van der Waals surface area contributed by atoms with E-state index in [1.807, 2.05) is 48.5 Å². The Morgan fingerprint density at radius 3 is 1.69 bits per heavy atom. The first kappa shape index (κ1) is 30.4. The summed E-state index contributed by atoms with van der Waals surface area (Å²) in [7, 11) is 0. The van der Waals surface area contributed by atoms with Gasteiger partial charge in [0.1, 0.15) is 6.04 Å². The lowest BCUT2D eigenvalue weighted by atomic mass is 9.50. The van der Waals surface area contributed by atoms with E-state index in [1.165, 1.54) is 0 Å². The molecule has 1 amide bonds. The van der Waals surface area contributed by atoms with Crippen LogP contribution in [0, 0.1) is 33.5 Å². The topological polar surface area (TPSA) is 130 Å². The number of carboxylic acid groups (broad SMARTS) is 2. The Hall–Kier alpha value is -1.63. The molecular formula is C25H48N2O5. The molecule has 2 unspecified atom stereocenters. The van der Waals surface area contributed by atoms with Crippen LogP contribution in [0.4, 0.5) is 0 Å². The van der Waals surface area contributed by atoms with Gasteiger partial charge in [-0.2, -0.15) is 0 Å². The van der Waals surface area contributed by atoms with Crippen molar-refractivity contribution in [1.29, 1.82) is 0 Å². The standard InChI is InChI=1S/C25H48N2O5/c1-22(2,3)15-16(19(28)27-14-12-11-13-17(26)20(29)30)24(7,8)25(9,10)18(21(31)32)23(4,5)6/h16-18H,11-15,26H2,1-10H3,(H,27,28)(H,29,30)(H,31,32)/t16?,17-,18?/m0/s1. The van der Waals surface area contributed by atoms with Crippen LogP contribution in [-0.4, -0.2) is 40.6 Å². The molecule has 0 rings (SSSR count). The highest BCUT2D eigenvalue weighted by molar-refractivity contribution is 5.80. The molecule has 32 heavy (non-hydrogen) atoms. The van der Waals surface area contributed by atoms with E-state index in [2.05, 4.69) is 26.1 Å². The number of amides is 1. The van der Waals surface area contributed by atoms with Crippen LogP contribution in [0.15, 0.2) is 0 Å². The summed E-state index contributed by atoms with van der Waals surface area (Å²) >= 11 is 0. The molecule has 0 aromatic carbocycles. The Kier molecular flexibility index (Phi) is 10.4. The van der Waals surface area contributed by atoms with Crippen molar-refractivity contribution in [2.45, 2.75) is 101 Å². The maximum absolute atomic E-state index is 13.4. The number of carbonyl (C=O) groups is 3. The summed E-state index contributed by atoms with van der Waals surface area (Å²) in [5.41, 5.74) is 3.67. The van der Waals surface area contributed by atoms with Gasteiger partial charge in [0.05, 0.1) is 5.92 Å². The highest BCUT2D eigenvalue weighted by atomic mass is 16.4. The van der Waals surface area contributed by atoms with Crippen LogP contribution in [0.3, 0.4) is 0 Å². The van der Waals surface area contributed by atoms with E-state index in [4.69, 9.17) is 10.8 Å². The summed E-state index contributed by atoms with van der Waals surface area (Å²) < 4.78 is 0. The Morgan fingerprint density at radius 2 is 1.31 bits per heavy atom. The molecule has 0 saturated heterocycles. The van der Waals surface area contributed by atoms with E-state index in [0.717, 1.165) is 0 Å². The average molecular weight is 457 g/mol. The van der Waals surface area contributed by atoms with Gasteiger partial charge in [0.25, 0.3) is 0 Å². The number of carboxylic acids is 2. The number of carbonyl (C=O) groups excluding carboxylic acids is 1. The predicted molar refractivity (Wildman–Crippen MR) is 128 cm³/mol. The summed E-state index contributed by atoms with van der Waals surface area (Å²) in [6, 6.07) is -0.885. The molecule has 0 aliphatic rings. The summed E-state index contributed by atoms with van der Waals surface area (Å²) in [5.74, 6) is -2.98. The first-order chi connectivity index (χ1) is 14.2. The first-order valence-corrected chi connectivity index (χ1v) is 11.6. The zero-order chi connectivity index (χ0) is 25.7. The molecule has 7 nitrogen and oxygen atoms in total. The summed E-state index contributed by atoms with van der Waals surface area (Å²) in [4.78, 5) is 36.5. The van der Waals surface area contributed by atoms with Crippen molar-refractivity contribution in [3.8, 4) is 0 Å². The zero-order valence-corrected chi connectivity index (χ0v) is 22.0. The molecule has 0 saturated carbocycles. The molecule has 0 aromatic rings. The van der Waals surface area contributed by atoms with Gasteiger partial charge >= 0.3 is 11.9 Å². The number of rotatable bonds is 12. The largest absolute Gasteiger partial charge is 0.481 e. The lowest BCUT2D eigenvalue weighted by molar-refractivity contribution is -0.163. The molecule has 0 aliphatic heterocycles. The SMILES string of the molecule is CC(C)(C)CC(C(=O)NCCCC[C@H](N)C(=O)O)C(C)(C)C(C)(C)C(C(=O)O)C(C)(C)C. The van der Waals surface area contributed by atoms with Crippen molar-refractivity contribution in [3.05, 3.63) is 0 Å². The second-order valence-corrected chi connectivity index (χ2v) is 12.6. The Morgan fingerprint density at radius 1 is 0.812 bits per heavy atom. The van der Waals surface area contributed by atoms with Gasteiger partial charge in [0.2, 0.25) is 5.91 Å². The molecule has 0 fully saturated rings. The minimum absolute atomic E-state index is 0.0846. The fourth-order valence-corrected chi connectivity index (χ4v) is 4.82. The van der Waals surface area contributed by atoms with Gasteiger partial charge in [-0.05, 0) is 47.3 Å². The van der Waals surface area contributed by atoms with Crippen LogP contribution in [0.2, 0.25) is 0 Å². The fourth-order valence-electron chi connectivity index (χ4n) is 4.82. The van der Waals surface area contributed by atoms with Gasteiger partial charge in [0.15, 0.2) is 0 Å². The van der Waals surface area contributed by atoms with Crippen LogP contribution in [0.1, 0.15) is 94.9 Å². The highest BCUT2D eigenvalue weighted by Crippen LogP contribution is 2.56.